The van der Waals surface area contributed by atoms with E-state index in [1.54, 1.807) is 6.08 Å². The molecule has 0 N–H and O–H groups in total. The maximum atomic E-state index is 12.4. The molecule has 2 aliphatic heterocycles. The molecule has 0 spiro atoms. The van der Waals surface area contributed by atoms with Crippen molar-refractivity contribution in [1.29, 1.82) is 0 Å². The lowest BCUT2D eigenvalue weighted by atomic mass is 10.2. The van der Waals surface area contributed by atoms with Crippen molar-refractivity contribution in [2.24, 2.45) is 0 Å². The van der Waals surface area contributed by atoms with Gasteiger partial charge >= 0.3 is 5.24 Å². The predicted molar refractivity (Wildman–Crippen MR) is 79.7 cm³/mol. The minimum atomic E-state index is -0.189. The molecule has 104 valence electrons. The standard InChI is InChI=1S/C15H16N2O2S/c18-14-13(11-12-7-3-1-4-8-12)20-15(19)17(14)16-9-5-2-6-10-16/h1,3-4,7-8,11H,2,5-6,9-10H2/b13-11+. The van der Waals surface area contributed by atoms with Crippen LogP contribution in [0.2, 0.25) is 0 Å². The van der Waals surface area contributed by atoms with E-state index in [9.17, 15) is 9.59 Å². The molecule has 0 radical (unpaired) electrons. The van der Waals surface area contributed by atoms with Crippen molar-refractivity contribution in [3.8, 4) is 0 Å². The SMILES string of the molecule is O=C1S/C(=C/c2ccccc2)C(=O)N1N1CCCCC1. The van der Waals surface area contributed by atoms with E-state index < -0.39 is 0 Å². The second kappa shape index (κ2) is 5.81. The molecule has 2 saturated heterocycles. The topological polar surface area (TPSA) is 40.6 Å². The Balaban J connectivity index is 1.81. The van der Waals surface area contributed by atoms with Crippen molar-refractivity contribution in [2.75, 3.05) is 13.1 Å². The number of benzene rings is 1. The third-order valence-electron chi connectivity index (χ3n) is 3.49. The highest BCUT2D eigenvalue weighted by Gasteiger charge is 2.39. The first-order valence-electron chi connectivity index (χ1n) is 6.83. The van der Waals surface area contributed by atoms with E-state index in [0.717, 1.165) is 43.3 Å². The van der Waals surface area contributed by atoms with Crippen LogP contribution in [-0.4, -0.2) is 34.3 Å². The molecule has 4 nitrogen and oxygen atoms in total. The van der Waals surface area contributed by atoms with E-state index in [-0.39, 0.29) is 11.1 Å². The van der Waals surface area contributed by atoms with Crippen LogP contribution in [0.5, 0.6) is 0 Å². The molecule has 0 atom stereocenters. The summed E-state index contributed by atoms with van der Waals surface area (Å²) in [5.41, 5.74) is 0.941. The van der Waals surface area contributed by atoms with Crippen LogP contribution in [0.1, 0.15) is 24.8 Å². The van der Waals surface area contributed by atoms with E-state index in [2.05, 4.69) is 0 Å². The molecule has 1 aromatic rings. The van der Waals surface area contributed by atoms with Crippen molar-refractivity contribution in [2.45, 2.75) is 19.3 Å². The van der Waals surface area contributed by atoms with Gasteiger partial charge < -0.3 is 0 Å². The average molecular weight is 288 g/mol. The molecule has 0 bridgehead atoms. The van der Waals surface area contributed by atoms with Crippen LogP contribution in [-0.2, 0) is 4.79 Å². The molecular formula is C15H16N2O2S. The van der Waals surface area contributed by atoms with Gasteiger partial charge in [-0.3, -0.25) is 9.59 Å². The molecule has 1 aromatic carbocycles. The molecule has 20 heavy (non-hydrogen) atoms. The first-order chi connectivity index (χ1) is 9.75. The summed E-state index contributed by atoms with van der Waals surface area (Å²) in [6, 6.07) is 9.61. The summed E-state index contributed by atoms with van der Waals surface area (Å²) >= 11 is 1.03. The molecule has 0 aromatic heterocycles. The summed E-state index contributed by atoms with van der Waals surface area (Å²) in [6.07, 6.45) is 5.04. The second-order valence-electron chi connectivity index (χ2n) is 4.92. The monoisotopic (exact) mass is 288 g/mol. The molecule has 2 aliphatic rings. The highest BCUT2D eigenvalue weighted by molar-refractivity contribution is 8.18. The van der Waals surface area contributed by atoms with Crippen LogP contribution in [0.4, 0.5) is 4.79 Å². The van der Waals surface area contributed by atoms with Crippen molar-refractivity contribution in [3.63, 3.8) is 0 Å². The zero-order chi connectivity index (χ0) is 13.9. The maximum Gasteiger partial charge on any atom is 0.308 e. The lowest BCUT2D eigenvalue weighted by Gasteiger charge is -2.32. The van der Waals surface area contributed by atoms with Gasteiger partial charge in [-0.25, -0.2) is 5.01 Å². The van der Waals surface area contributed by atoms with Crippen LogP contribution >= 0.6 is 11.8 Å². The Morgan fingerprint density at radius 1 is 1.00 bits per heavy atom. The number of imide groups is 1. The van der Waals surface area contributed by atoms with Crippen LogP contribution in [0.15, 0.2) is 35.2 Å². The zero-order valence-electron chi connectivity index (χ0n) is 11.1. The lowest BCUT2D eigenvalue weighted by Crippen LogP contribution is -2.47. The van der Waals surface area contributed by atoms with Crippen molar-refractivity contribution < 1.29 is 9.59 Å². The van der Waals surface area contributed by atoms with Gasteiger partial charge in [-0.2, -0.15) is 5.01 Å². The van der Waals surface area contributed by atoms with Gasteiger partial charge in [-0.15, -0.1) is 0 Å². The van der Waals surface area contributed by atoms with Crippen LogP contribution < -0.4 is 0 Å². The Morgan fingerprint density at radius 3 is 2.40 bits per heavy atom. The number of carbonyl (C=O) groups excluding carboxylic acids is 2. The molecule has 0 saturated carbocycles. The highest BCUT2D eigenvalue weighted by atomic mass is 32.2. The number of carbonyl (C=O) groups is 2. The van der Waals surface area contributed by atoms with Gasteiger partial charge in [0, 0.05) is 13.1 Å². The smallest absolute Gasteiger partial charge is 0.266 e. The molecule has 0 aliphatic carbocycles. The summed E-state index contributed by atoms with van der Waals surface area (Å²) < 4.78 is 0. The quantitative estimate of drug-likeness (QED) is 0.784. The fourth-order valence-corrected chi connectivity index (χ4v) is 3.32. The zero-order valence-corrected chi connectivity index (χ0v) is 11.9. The molecular weight excluding hydrogens is 272 g/mol. The molecule has 0 unspecified atom stereocenters. The van der Waals surface area contributed by atoms with E-state index in [1.807, 2.05) is 35.3 Å². The van der Waals surface area contributed by atoms with Crippen molar-refractivity contribution >= 4 is 29.0 Å². The normalized spacial score (nSPS) is 22.8. The van der Waals surface area contributed by atoms with E-state index in [1.165, 1.54) is 11.4 Å². The van der Waals surface area contributed by atoms with Gasteiger partial charge in [0.25, 0.3) is 5.91 Å². The van der Waals surface area contributed by atoms with Crippen LogP contribution in [0, 0.1) is 0 Å². The van der Waals surface area contributed by atoms with E-state index in [4.69, 9.17) is 0 Å². The summed E-state index contributed by atoms with van der Waals surface area (Å²) in [4.78, 5) is 25.0. The third kappa shape index (κ3) is 2.64. The molecule has 5 heteroatoms. The minimum Gasteiger partial charge on any atom is -0.266 e. The van der Waals surface area contributed by atoms with Crippen LogP contribution in [0.25, 0.3) is 6.08 Å². The molecule has 3 rings (SSSR count). The van der Waals surface area contributed by atoms with E-state index in [0.29, 0.717) is 4.91 Å². The summed E-state index contributed by atoms with van der Waals surface area (Å²) in [6.45, 7) is 1.58. The summed E-state index contributed by atoms with van der Waals surface area (Å²) in [5, 5.41) is 3.02. The number of hydrogen-bond donors (Lipinski definition) is 0. The van der Waals surface area contributed by atoms with Gasteiger partial charge in [0.2, 0.25) is 0 Å². The fraction of sp³-hybridized carbons (Fsp3) is 0.333. The number of amides is 2. The molecule has 2 heterocycles. The predicted octanol–water partition coefficient (Wildman–Crippen LogP) is 3.12. The van der Waals surface area contributed by atoms with Crippen LogP contribution in [0.3, 0.4) is 0 Å². The third-order valence-corrected chi connectivity index (χ3v) is 4.35. The number of piperidine rings is 1. The second-order valence-corrected chi connectivity index (χ2v) is 5.91. The average Bonchev–Trinajstić information content (AvgIpc) is 2.75. The largest absolute Gasteiger partial charge is 0.308 e. The number of nitrogens with zero attached hydrogens (tertiary/aromatic N) is 2. The number of hydrazine groups is 1. The van der Waals surface area contributed by atoms with Gasteiger partial charge in [-0.1, -0.05) is 36.8 Å². The number of thioether (sulfide) groups is 1. The van der Waals surface area contributed by atoms with E-state index >= 15 is 0 Å². The van der Waals surface area contributed by atoms with Gasteiger partial charge in [0.05, 0.1) is 4.91 Å². The number of rotatable bonds is 2. The molecule has 2 amide bonds. The lowest BCUT2D eigenvalue weighted by molar-refractivity contribution is -0.135. The Labute approximate surface area is 122 Å². The summed E-state index contributed by atoms with van der Waals surface area (Å²) in [7, 11) is 0. The Hall–Kier alpha value is -1.59. The fourth-order valence-electron chi connectivity index (χ4n) is 2.48. The Bertz CT molecular complexity index is 550. The van der Waals surface area contributed by atoms with Crippen molar-refractivity contribution in [3.05, 3.63) is 40.8 Å². The number of hydrogen-bond acceptors (Lipinski definition) is 4. The van der Waals surface area contributed by atoms with Gasteiger partial charge in [0.1, 0.15) is 0 Å². The first kappa shape index (κ1) is 13.4. The van der Waals surface area contributed by atoms with Gasteiger partial charge in [0.15, 0.2) is 0 Å². The molecule has 2 fully saturated rings. The Morgan fingerprint density at radius 2 is 1.70 bits per heavy atom. The summed E-state index contributed by atoms with van der Waals surface area (Å²) in [5.74, 6) is -0.189. The van der Waals surface area contributed by atoms with Gasteiger partial charge in [-0.05, 0) is 36.2 Å². The minimum absolute atomic E-state index is 0.181. The first-order valence-corrected chi connectivity index (χ1v) is 7.65. The highest BCUT2D eigenvalue weighted by Crippen LogP contribution is 2.34. The maximum absolute atomic E-state index is 12.4. The van der Waals surface area contributed by atoms with Crippen molar-refractivity contribution in [1.82, 2.24) is 10.0 Å². The Kier molecular flexibility index (Phi) is 3.89.